The van der Waals surface area contributed by atoms with Gasteiger partial charge in [-0.3, -0.25) is 9.48 Å². The summed E-state index contributed by atoms with van der Waals surface area (Å²) in [5.74, 6) is -0.830. The molecule has 0 amide bonds. The Morgan fingerprint density at radius 2 is 2.37 bits per heavy atom. The second kappa shape index (κ2) is 6.19. The smallest absolute Gasteiger partial charge is 0.306 e. The number of hydrogen-bond donors (Lipinski definition) is 2. The third kappa shape index (κ3) is 3.80. The number of carbonyl (C=O) groups is 1. The van der Waals surface area contributed by atoms with Gasteiger partial charge in [-0.25, -0.2) is 0 Å². The Morgan fingerprint density at radius 1 is 1.58 bits per heavy atom. The van der Waals surface area contributed by atoms with Gasteiger partial charge in [0.05, 0.1) is 12.1 Å². The fraction of sp³-hybridized carbons (Fsp3) is 0.714. The summed E-state index contributed by atoms with van der Waals surface area (Å²) in [5.41, 5.74) is 1.16. The molecule has 0 bridgehead atoms. The molecule has 1 aliphatic rings. The molecule has 0 aliphatic heterocycles. The highest BCUT2D eigenvalue weighted by molar-refractivity contribution is 5.70. The molecule has 1 aliphatic carbocycles. The zero-order valence-corrected chi connectivity index (χ0v) is 11.7. The van der Waals surface area contributed by atoms with E-state index >= 15 is 0 Å². The number of aliphatic carboxylic acids is 1. The predicted molar refractivity (Wildman–Crippen MR) is 72.8 cm³/mol. The maximum atomic E-state index is 11.0. The molecule has 2 rings (SSSR count). The Balaban J connectivity index is 1.82. The zero-order valence-electron chi connectivity index (χ0n) is 11.7. The van der Waals surface area contributed by atoms with Gasteiger partial charge in [-0.05, 0) is 33.1 Å². The zero-order chi connectivity index (χ0) is 13.8. The highest BCUT2D eigenvalue weighted by Gasteiger charge is 2.26. The summed E-state index contributed by atoms with van der Waals surface area (Å²) >= 11 is 0. The molecule has 1 saturated carbocycles. The number of rotatable bonds is 5. The predicted octanol–water partition coefficient (Wildman–Crippen LogP) is 2.20. The van der Waals surface area contributed by atoms with Gasteiger partial charge < -0.3 is 10.4 Å². The summed E-state index contributed by atoms with van der Waals surface area (Å²) in [6.45, 7) is 4.97. The number of aromatic nitrogens is 2. The number of carboxylic acid groups (broad SMARTS) is 1. The molecule has 2 atom stereocenters. The topological polar surface area (TPSA) is 67.2 Å². The Labute approximate surface area is 114 Å². The standard InChI is InChI=1S/C14H23N3O2/c1-10(2)17-9-11(8-16-17)7-15-13-5-3-4-12(6-13)14(18)19/h8-10,12-13,15H,3-7H2,1-2H3,(H,18,19). The number of nitrogens with zero attached hydrogens (tertiary/aromatic N) is 2. The first-order valence-corrected chi connectivity index (χ1v) is 7.05. The lowest BCUT2D eigenvalue weighted by Crippen LogP contribution is -2.35. The first kappa shape index (κ1) is 14.1. The molecule has 0 radical (unpaired) electrons. The SMILES string of the molecule is CC(C)n1cc(CNC2CCCC(C(=O)O)C2)cn1. The molecule has 1 aromatic heterocycles. The Hall–Kier alpha value is -1.36. The van der Waals surface area contributed by atoms with Crippen LogP contribution in [0.3, 0.4) is 0 Å². The summed E-state index contributed by atoms with van der Waals surface area (Å²) in [6.07, 6.45) is 7.56. The van der Waals surface area contributed by atoms with Gasteiger partial charge in [-0.1, -0.05) is 6.42 Å². The van der Waals surface area contributed by atoms with Crippen LogP contribution < -0.4 is 5.32 Å². The second-order valence-corrected chi connectivity index (χ2v) is 5.70. The molecule has 0 saturated heterocycles. The van der Waals surface area contributed by atoms with E-state index in [4.69, 9.17) is 5.11 Å². The molecule has 106 valence electrons. The molecule has 2 unspecified atom stereocenters. The molecule has 0 aromatic carbocycles. The van der Waals surface area contributed by atoms with Crippen LogP contribution in [-0.2, 0) is 11.3 Å². The molecule has 1 heterocycles. The van der Waals surface area contributed by atoms with Crippen LogP contribution >= 0.6 is 0 Å². The van der Waals surface area contributed by atoms with Crippen molar-refractivity contribution in [3.8, 4) is 0 Å². The largest absolute Gasteiger partial charge is 0.481 e. The van der Waals surface area contributed by atoms with Crippen molar-refractivity contribution in [1.29, 1.82) is 0 Å². The third-order valence-corrected chi connectivity index (χ3v) is 3.80. The quantitative estimate of drug-likeness (QED) is 0.856. The minimum absolute atomic E-state index is 0.176. The number of carboxylic acids is 1. The van der Waals surface area contributed by atoms with E-state index in [2.05, 4.69) is 30.5 Å². The van der Waals surface area contributed by atoms with Gasteiger partial charge in [-0.2, -0.15) is 5.10 Å². The summed E-state index contributed by atoms with van der Waals surface area (Å²) in [4.78, 5) is 11.0. The minimum atomic E-state index is -0.654. The molecule has 1 fully saturated rings. The van der Waals surface area contributed by atoms with Crippen molar-refractivity contribution >= 4 is 5.97 Å². The average Bonchev–Trinajstić information content (AvgIpc) is 2.85. The molecular weight excluding hydrogens is 242 g/mol. The van der Waals surface area contributed by atoms with Gasteiger partial charge in [0.15, 0.2) is 0 Å². The van der Waals surface area contributed by atoms with E-state index in [1.54, 1.807) is 0 Å². The number of nitrogens with one attached hydrogen (secondary N) is 1. The molecule has 5 nitrogen and oxygen atoms in total. The van der Waals surface area contributed by atoms with Crippen LogP contribution in [0.5, 0.6) is 0 Å². The highest BCUT2D eigenvalue weighted by Crippen LogP contribution is 2.24. The van der Waals surface area contributed by atoms with Crippen LogP contribution in [0.4, 0.5) is 0 Å². The van der Waals surface area contributed by atoms with Crippen molar-refractivity contribution in [3.63, 3.8) is 0 Å². The van der Waals surface area contributed by atoms with Gasteiger partial charge in [0.25, 0.3) is 0 Å². The van der Waals surface area contributed by atoms with Crippen molar-refractivity contribution in [1.82, 2.24) is 15.1 Å². The van der Waals surface area contributed by atoms with Crippen molar-refractivity contribution in [3.05, 3.63) is 18.0 Å². The monoisotopic (exact) mass is 265 g/mol. The fourth-order valence-corrected chi connectivity index (χ4v) is 2.61. The van der Waals surface area contributed by atoms with E-state index < -0.39 is 5.97 Å². The molecular formula is C14H23N3O2. The van der Waals surface area contributed by atoms with Gasteiger partial charge in [-0.15, -0.1) is 0 Å². The summed E-state index contributed by atoms with van der Waals surface area (Å²) in [6, 6.07) is 0.692. The van der Waals surface area contributed by atoms with Crippen LogP contribution in [0.2, 0.25) is 0 Å². The van der Waals surface area contributed by atoms with Gasteiger partial charge >= 0.3 is 5.97 Å². The normalized spacial score (nSPS) is 23.7. The summed E-state index contributed by atoms with van der Waals surface area (Å²) < 4.78 is 1.94. The van der Waals surface area contributed by atoms with Crippen LogP contribution in [0.15, 0.2) is 12.4 Å². The van der Waals surface area contributed by atoms with E-state index in [-0.39, 0.29) is 5.92 Å². The molecule has 2 N–H and O–H groups in total. The van der Waals surface area contributed by atoms with Crippen molar-refractivity contribution in [2.75, 3.05) is 0 Å². The average molecular weight is 265 g/mol. The van der Waals surface area contributed by atoms with E-state index in [0.717, 1.165) is 37.8 Å². The Bertz CT molecular complexity index is 428. The van der Waals surface area contributed by atoms with Gasteiger partial charge in [0.1, 0.15) is 0 Å². The van der Waals surface area contributed by atoms with Crippen molar-refractivity contribution < 1.29 is 9.90 Å². The number of hydrogen-bond acceptors (Lipinski definition) is 3. The lowest BCUT2D eigenvalue weighted by atomic mass is 9.86. The molecule has 0 spiro atoms. The Kier molecular flexibility index (Phi) is 4.58. The summed E-state index contributed by atoms with van der Waals surface area (Å²) in [5, 5.41) is 16.8. The molecule has 5 heteroatoms. The fourth-order valence-electron chi connectivity index (χ4n) is 2.61. The van der Waals surface area contributed by atoms with E-state index in [1.165, 1.54) is 0 Å². The lowest BCUT2D eigenvalue weighted by Gasteiger charge is -2.27. The van der Waals surface area contributed by atoms with Crippen LogP contribution in [0.1, 0.15) is 51.1 Å². The van der Waals surface area contributed by atoms with Crippen molar-refractivity contribution in [2.24, 2.45) is 5.92 Å². The first-order valence-electron chi connectivity index (χ1n) is 7.05. The lowest BCUT2D eigenvalue weighted by molar-refractivity contribution is -0.143. The minimum Gasteiger partial charge on any atom is -0.481 e. The van der Waals surface area contributed by atoms with Gasteiger partial charge in [0, 0.05) is 30.4 Å². The van der Waals surface area contributed by atoms with Crippen molar-refractivity contribution in [2.45, 2.75) is 58.2 Å². The highest BCUT2D eigenvalue weighted by atomic mass is 16.4. The maximum Gasteiger partial charge on any atom is 0.306 e. The first-order chi connectivity index (χ1) is 9.06. The van der Waals surface area contributed by atoms with E-state index in [9.17, 15) is 4.79 Å². The van der Waals surface area contributed by atoms with Crippen LogP contribution in [0, 0.1) is 5.92 Å². The third-order valence-electron chi connectivity index (χ3n) is 3.80. The Morgan fingerprint density at radius 3 is 3.00 bits per heavy atom. The molecule has 19 heavy (non-hydrogen) atoms. The van der Waals surface area contributed by atoms with Gasteiger partial charge in [0.2, 0.25) is 0 Å². The van der Waals surface area contributed by atoms with Crippen LogP contribution in [0.25, 0.3) is 0 Å². The maximum absolute atomic E-state index is 11.0. The summed E-state index contributed by atoms with van der Waals surface area (Å²) in [7, 11) is 0. The van der Waals surface area contributed by atoms with E-state index in [0.29, 0.717) is 12.1 Å². The van der Waals surface area contributed by atoms with E-state index in [1.807, 2.05) is 10.9 Å². The second-order valence-electron chi connectivity index (χ2n) is 5.70. The molecule has 1 aromatic rings. The van der Waals surface area contributed by atoms with Crippen LogP contribution in [-0.4, -0.2) is 26.9 Å².